The smallest absolute Gasteiger partial charge is 0.119 e. The van der Waals surface area contributed by atoms with Gasteiger partial charge in [0, 0.05) is 48.5 Å². The Bertz CT molecular complexity index is 680. The Morgan fingerprint density at radius 1 is 0.926 bits per heavy atom. The first-order valence-corrected chi connectivity index (χ1v) is 9.15. The summed E-state index contributed by atoms with van der Waals surface area (Å²) in [5, 5.41) is 11.6. The summed E-state index contributed by atoms with van der Waals surface area (Å²) in [5.74, 6) is 0.717. The van der Waals surface area contributed by atoms with Crippen LogP contribution in [-0.2, 0) is 0 Å². The summed E-state index contributed by atoms with van der Waals surface area (Å²) in [6.07, 6.45) is -0.520. The van der Waals surface area contributed by atoms with Gasteiger partial charge in [0.05, 0.1) is 0 Å². The molecule has 3 rings (SSSR count). The monoisotopic (exact) mass is 452 g/mol. The predicted molar refractivity (Wildman–Crippen MR) is 118 cm³/mol. The van der Waals surface area contributed by atoms with Crippen LogP contribution in [0.2, 0.25) is 10.0 Å². The molecule has 0 amide bonds. The second-order valence-corrected chi connectivity index (χ2v) is 7.06. The summed E-state index contributed by atoms with van der Waals surface area (Å²) in [6, 6.07) is 15.1. The third-order valence-electron chi connectivity index (χ3n) is 4.27. The van der Waals surface area contributed by atoms with Crippen molar-refractivity contribution in [3.63, 3.8) is 0 Å². The van der Waals surface area contributed by atoms with Gasteiger partial charge in [-0.05, 0) is 42.5 Å². The van der Waals surface area contributed by atoms with E-state index in [0.29, 0.717) is 17.3 Å². The maximum absolute atomic E-state index is 10.2. The molecular weight excluding hydrogens is 430 g/mol. The quantitative estimate of drug-likeness (QED) is 0.703. The van der Waals surface area contributed by atoms with E-state index in [1.807, 2.05) is 18.2 Å². The van der Waals surface area contributed by atoms with Crippen LogP contribution in [0, 0.1) is 0 Å². The number of benzene rings is 2. The fraction of sp³-hybridized carbons (Fsp3) is 0.368. The largest absolute Gasteiger partial charge is 0.491 e. The number of ether oxygens (including phenoxy) is 1. The van der Waals surface area contributed by atoms with E-state index in [9.17, 15) is 5.11 Å². The molecule has 0 spiro atoms. The normalized spacial score (nSPS) is 15.4. The van der Waals surface area contributed by atoms with Gasteiger partial charge in [-0.2, -0.15) is 0 Å². The Morgan fingerprint density at radius 3 is 2.22 bits per heavy atom. The van der Waals surface area contributed by atoms with Crippen molar-refractivity contribution in [2.45, 2.75) is 6.10 Å². The number of halogens is 4. The maximum Gasteiger partial charge on any atom is 0.119 e. The van der Waals surface area contributed by atoms with Crippen LogP contribution in [0.4, 0.5) is 5.69 Å². The number of β-amino-alcohol motifs (C(OH)–C–C–N with tert-alkyl or cyclic N) is 1. The number of piperazine rings is 1. The van der Waals surface area contributed by atoms with E-state index in [-0.39, 0.29) is 31.4 Å². The third kappa shape index (κ3) is 7.57. The Kier molecular flexibility index (Phi) is 10.6. The summed E-state index contributed by atoms with van der Waals surface area (Å²) in [6.45, 7) is 4.54. The minimum atomic E-state index is -0.520. The van der Waals surface area contributed by atoms with Gasteiger partial charge in [0.25, 0.3) is 0 Å². The van der Waals surface area contributed by atoms with E-state index in [2.05, 4.69) is 15.9 Å². The maximum atomic E-state index is 10.2. The second-order valence-electron chi connectivity index (χ2n) is 6.19. The lowest BCUT2D eigenvalue weighted by Crippen LogP contribution is -2.49. The second kappa shape index (κ2) is 11.8. The van der Waals surface area contributed by atoms with Gasteiger partial charge in [-0.25, -0.2) is 0 Å². The number of aliphatic hydroxyl groups is 1. The molecule has 0 radical (unpaired) electrons. The number of anilines is 1. The zero-order valence-corrected chi connectivity index (χ0v) is 17.9. The number of aliphatic hydroxyl groups excluding tert-OH is 1. The SMILES string of the molecule is Cl.Cl.OC(COc1ccc(Cl)cc1)CN1CCN(c2cccc(Cl)c2)CC1. The minimum Gasteiger partial charge on any atom is -0.491 e. The van der Waals surface area contributed by atoms with E-state index in [1.54, 1.807) is 24.3 Å². The number of nitrogens with zero attached hydrogens (tertiary/aromatic N) is 2. The summed E-state index contributed by atoms with van der Waals surface area (Å²) in [7, 11) is 0. The van der Waals surface area contributed by atoms with E-state index < -0.39 is 6.10 Å². The Labute approximate surface area is 182 Å². The molecule has 0 aromatic heterocycles. The van der Waals surface area contributed by atoms with Gasteiger partial charge in [-0.1, -0.05) is 29.3 Å². The molecule has 1 atom stereocenters. The molecule has 8 heteroatoms. The van der Waals surface area contributed by atoms with Crippen molar-refractivity contribution in [1.29, 1.82) is 0 Å². The molecule has 1 fully saturated rings. The Balaban J connectivity index is 0.00000182. The molecule has 1 heterocycles. The first-order valence-electron chi connectivity index (χ1n) is 8.39. The third-order valence-corrected chi connectivity index (χ3v) is 4.76. The van der Waals surface area contributed by atoms with Crippen LogP contribution in [0.5, 0.6) is 5.75 Å². The van der Waals surface area contributed by atoms with Gasteiger partial charge >= 0.3 is 0 Å². The molecule has 1 aliphatic heterocycles. The van der Waals surface area contributed by atoms with E-state index >= 15 is 0 Å². The van der Waals surface area contributed by atoms with Crippen LogP contribution < -0.4 is 9.64 Å². The van der Waals surface area contributed by atoms with E-state index in [1.165, 1.54) is 0 Å². The van der Waals surface area contributed by atoms with Crippen LogP contribution in [0.25, 0.3) is 0 Å². The molecule has 2 aromatic rings. The summed E-state index contributed by atoms with van der Waals surface area (Å²) in [4.78, 5) is 4.58. The number of hydrogen-bond donors (Lipinski definition) is 1. The number of rotatable bonds is 6. The topological polar surface area (TPSA) is 35.9 Å². The van der Waals surface area contributed by atoms with E-state index in [4.69, 9.17) is 27.9 Å². The van der Waals surface area contributed by atoms with Crippen molar-refractivity contribution < 1.29 is 9.84 Å². The highest BCUT2D eigenvalue weighted by atomic mass is 35.5. The van der Waals surface area contributed by atoms with Gasteiger partial charge in [-0.15, -0.1) is 24.8 Å². The zero-order chi connectivity index (χ0) is 17.6. The molecule has 2 aromatic carbocycles. The molecular formula is C19H24Cl4N2O2. The van der Waals surface area contributed by atoms with Crippen molar-refractivity contribution in [3.8, 4) is 5.75 Å². The number of hydrogen-bond acceptors (Lipinski definition) is 4. The molecule has 150 valence electrons. The van der Waals surface area contributed by atoms with E-state index in [0.717, 1.165) is 36.9 Å². The van der Waals surface area contributed by atoms with Crippen LogP contribution in [0.3, 0.4) is 0 Å². The highest BCUT2D eigenvalue weighted by Crippen LogP contribution is 2.21. The lowest BCUT2D eigenvalue weighted by molar-refractivity contribution is 0.0663. The summed E-state index contributed by atoms with van der Waals surface area (Å²) < 4.78 is 5.61. The highest BCUT2D eigenvalue weighted by Gasteiger charge is 2.20. The predicted octanol–water partition coefficient (Wildman–Crippen LogP) is 4.40. The van der Waals surface area contributed by atoms with Crippen molar-refractivity contribution in [1.82, 2.24) is 4.90 Å². The zero-order valence-electron chi connectivity index (χ0n) is 14.8. The van der Waals surface area contributed by atoms with Crippen LogP contribution in [-0.4, -0.2) is 55.4 Å². The van der Waals surface area contributed by atoms with Gasteiger partial charge in [-0.3, -0.25) is 4.90 Å². The lowest BCUT2D eigenvalue weighted by Gasteiger charge is -2.36. The lowest BCUT2D eigenvalue weighted by atomic mass is 10.2. The first-order chi connectivity index (χ1) is 12.1. The van der Waals surface area contributed by atoms with Gasteiger partial charge in [0.1, 0.15) is 18.5 Å². The molecule has 1 saturated heterocycles. The van der Waals surface area contributed by atoms with Crippen LogP contribution in [0.15, 0.2) is 48.5 Å². The summed E-state index contributed by atoms with van der Waals surface area (Å²) in [5.41, 5.74) is 1.15. The van der Waals surface area contributed by atoms with Crippen LogP contribution in [0.1, 0.15) is 0 Å². The molecule has 0 saturated carbocycles. The van der Waals surface area contributed by atoms with Crippen molar-refractivity contribution in [3.05, 3.63) is 58.6 Å². The average Bonchev–Trinajstić information content (AvgIpc) is 2.62. The average molecular weight is 454 g/mol. The Hall–Kier alpha value is -0.880. The molecule has 0 aliphatic carbocycles. The fourth-order valence-electron chi connectivity index (χ4n) is 2.94. The molecule has 1 N–H and O–H groups in total. The van der Waals surface area contributed by atoms with Gasteiger partial charge < -0.3 is 14.7 Å². The standard InChI is InChI=1S/C19H22Cl2N2O2.2ClH/c20-15-4-6-19(7-5-15)25-14-18(24)13-22-8-10-23(11-9-22)17-3-1-2-16(21)12-17;;/h1-7,12,18,24H,8-11,13-14H2;2*1H. The fourth-order valence-corrected chi connectivity index (χ4v) is 3.25. The molecule has 1 aliphatic rings. The molecule has 1 unspecified atom stereocenters. The van der Waals surface area contributed by atoms with Crippen LogP contribution >= 0.6 is 48.0 Å². The molecule has 27 heavy (non-hydrogen) atoms. The molecule has 0 bridgehead atoms. The highest BCUT2D eigenvalue weighted by molar-refractivity contribution is 6.31. The van der Waals surface area contributed by atoms with Crippen molar-refractivity contribution >= 4 is 53.7 Å². The first kappa shape index (κ1) is 24.2. The van der Waals surface area contributed by atoms with Gasteiger partial charge in [0.15, 0.2) is 0 Å². The van der Waals surface area contributed by atoms with Crippen molar-refractivity contribution in [2.75, 3.05) is 44.2 Å². The Morgan fingerprint density at radius 2 is 1.59 bits per heavy atom. The van der Waals surface area contributed by atoms with Gasteiger partial charge in [0.2, 0.25) is 0 Å². The molecule has 4 nitrogen and oxygen atoms in total. The minimum absolute atomic E-state index is 0. The summed E-state index contributed by atoms with van der Waals surface area (Å²) >= 11 is 11.9. The van der Waals surface area contributed by atoms with Crippen molar-refractivity contribution in [2.24, 2.45) is 0 Å².